The molecule has 0 amide bonds. The van der Waals surface area contributed by atoms with Crippen LogP contribution in [-0.4, -0.2) is 29.0 Å². The molecule has 0 unspecified atom stereocenters. The average molecular weight is 256 g/mol. The van der Waals surface area contributed by atoms with Crippen molar-refractivity contribution in [2.75, 3.05) is 13.4 Å². The number of nitrogens with one attached hydrogen (secondary N) is 1. The summed E-state index contributed by atoms with van der Waals surface area (Å²) < 4.78 is 5.54. The Balaban J connectivity index is 2.77. The smallest absolute Gasteiger partial charge is 0.166 e. The molecule has 0 aromatic heterocycles. The van der Waals surface area contributed by atoms with E-state index in [-0.39, 0.29) is 5.75 Å². The number of rotatable bonds is 3. The van der Waals surface area contributed by atoms with E-state index in [1.165, 1.54) is 25.1 Å². The molecule has 86 valence electrons. The third kappa shape index (κ3) is 3.39. The molecule has 0 saturated carbocycles. The summed E-state index contributed by atoms with van der Waals surface area (Å²) in [5.41, 5.74) is 3.22. The topological polar surface area (TPSA) is 53.8 Å². The number of phenolic OH excluding ortho intramolecular Hbond substituents is 1. The van der Waals surface area contributed by atoms with Crippen molar-refractivity contribution in [2.45, 2.75) is 0 Å². The second-order valence-electron chi connectivity index (χ2n) is 2.76. The van der Waals surface area contributed by atoms with Crippen LogP contribution in [0.15, 0.2) is 23.3 Å². The summed E-state index contributed by atoms with van der Waals surface area (Å²) in [6, 6.07) is 5.17. The molecular weight excluding hydrogens is 244 g/mol. The van der Waals surface area contributed by atoms with Gasteiger partial charge >= 0.3 is 0 Å². The summed E-state index contributed by atoms with van der Waals surface area (Å²) in [4.78, 5) is 0. The zero-order valence-corrected chi connectivity index (χ0v) is 10.6. The molecule has 0 radical (unpaired) electrons. The van der Waals surface area contributed by atoms with Crippen molar-refractivity contribution in [3.63, 3.8) is 0 Å². The van der Waals surface area contributed by atoms with E-state index >= 15 is 0 Å². The number of methoxy groups -OCH3 is 1. The van der Waals surface area contributed by atoms with Gasteiger partial charge in [-0.05, 0) is 18.4 Å². The highest BCUT2D eigenvalue weighted by Crippen LogP contribution is 2.27. The van der Waals surface area contributed by atoms with Crippen molar-refractivity contribution in [3.05, 3.63) is 23.8 Å². The number of ether oxygens (including phenoxy) is 1. The maximum Gasteiger partial charge on any atom is 0.166 e. The first-order valence-electron chi connectivity index (χ1n) is 4.42. The van der Waals surface area contributed by atoms with Crippen LogP contribution in [0.25, 0.3) is 0 Å². The van der Waals surface area contributed by atoms with Crippen LogP contribution in [0, 0.1) is 0 Å². The fourth-order valence-corrected chi connectivity index (χ4v) is 1.21. The van der Waals surface area contributed by atoms with Gasteiger partial charge in [0.05, 0.1) is 13.3 Å². The van der Waals surface area contributed by atoms with Gasteiger partial charge in [0.1, 0.15) is 0 Å². The fraction of sp³-hybridized carbons (Fsp3) is 0.200. The van der Waals surface area contributed by atoms with Crippen LogP contribution in [0.2, 0.25) is 0 Å². The molecule has 1 rings (SSSR count). The maximum absolute atomic E-state index is 9.73. The molecule has 1 aromatic carbocycles. The van der Waals surface area contributed by atoms with Crippen molar-refractivity contribution < 1.29 is 9.84 Å². The lowest BCUT2D eigenvalue weighted by molar-refractivity contribution is 0.373. The Morgan fingerprint density at radius 2 is 2.38 bits per heavy atom. The Morgan fingerprint density at radius 3 is 3.00 bits per heavy atom. The van der Waals surface area contributed by atoms with Crippen LogP contribution in [-0.2, 0) is 0 Å². The molecule has 1 aromatic rings. The number of thioether (sulfide) groups is 1. The molecular formula is C10H12N2O2S2. The van der Waals surface area contributed by atoms with Gasteiger partial charge in [-0.1, -0.05) is 30.0 Å². The minimum absolute atomic E-state index is 0.0608. The highest BCUT2D eigenvalue weighted by Gasteiger charge is 2.04. The van der Waals surface area contributed by atoms with Crippen LogP contribution in [0.1, 0.15) is 5.56 Å². The number of hydrogen-bond donors (Lipinski definition) is 2. The van der Waals surface area contributed by atoms with E-state index in [1.54, 1.807) is 18.2 Å². The van der Waals surface area contributed by atoms with Crippen LogP contribution in [0.4, 0.5) is 0 Å². The Hall–Kier alpha value is -1.27. The first-order valence-corrected chi connectivity index (χ1v) is 6.05. The van der Waals surface area contributed by atoms with Gasteiger partial charge in [0.15, 0.2) is 15.8 Å². The molecule has 0 fully saturated rings. The molecule has 2 N–H and O–H groups in total. The summed E-state index contributed by atoms with van der Waals surface area (Å²) in [7, 11) is 1.50. The van der Waals surface area contributed by atoms with Crippen molar-refractivity contribution in [3.8, 4) is 11.5 Å². The molecule has 0 aliphatic heterocycles. The van der Waals surface area contributed by atoms with E-state index in [2.05, 4.69) is 10.5 Å². The number of aromatic hydroxyl groups is 1. The van der Waals surface area contributed by atoms with Crippen LogP contribution >= 0.6 is 24.0 Å². The third-order valence-electron chi connectivity index (χ3n) is 1.79. The largest absolute Gasteiger partial charge is 0.504 e. The van der Waals surface area contributed by atoms with Gasteiger partial charge in [-0.2, -0.15) is 5.10 Å². The zero-order valence-electron chi connectivity index (χ0n) is 8.93. The Kier molecular flexibility index (Phi) is 5.07. The predicted octanol–water partition coefficient (Wildman–Crippen LogP) is 1.97. The SMILES string of the molecule is COc1cccc(/C=N/NC(=S)SC)c1O. The summed E-state index contributed by atoms with van der Waals surface area (Å²) >= 11 is 6.29. The molecule has 0 saturated heterocycles. The van der Waals surface area contributed by atoms with E-state index in [4.69, 9.17) is 17.0 Å². The van der Waals surface area contributed by atoms with Gasteiger partial charge < -0.3 is 9.84 Å². The van der Waals surface area contributed by atoms with Crippen LogP contribution in [0.5, 0.6) is 11.5 Å². The first kappa shape index (κ1) is 12.8. The monoisotopic (exact) mass is 256 g/mol. The number of para-hydroxylation sites is 1. The van der Waals surface area contributed by atoms with E-state index < -0.39 is 0 Å². The second kappa shape index (κ2) is 6.34. The second-order valence-corrected chi connectivity index (χ2v) is 4.24. The van der Waals surface area contributed by atoms with Gasteiger partial charge in [0.25, 0.3) is 0 Å². The van der Waals surface area contributed by atoms with Crippen molar-refractivity contribution in [2.24, 2.45) is 5.10 Å². The molecule has 0 aliphatic rings. The van der Waals surface area contributed by atoms with Gasteiger partial charge in [0.2, 0.25) is 0 Å². The standard InChI is InChI=1S/C10H12N2O2S2/c1-14-8-5-3-4-7(9(8)13)6-11-12-10(15)16-2/h3-6,13H,1-2H3,(H,12,15)/b11-6+. The normalized spacial score (nSPS) is 10.4. The van der Waals surface area contributed by atoms with Crippen molar-refractivity contribution in [1.82, 2.24) is 5.43 Å². The number of benzene rings is 1. The lowest BCUT2D eigenvalue weighted by Crippen LogP contribution is -2.10. The van der Waals surface area contributed by atoms with Crippen molar-refractivity contribution >= 4 is 34.5 Å². The lowest BCUT2D eigenvalue weighted by atomic mass is 10.2. The quantitative estimate of drug-likeness (QED) is 0.492. The average Bonchev–Trinajstić information content (AvgIpc) is 2.31. The highest BCUT2D eigenvalue weighted by molar-refractivity contribution is 8.22. The first-order chi connectivity index (χ1) is 7.69. The Bertz CT molecular complexity index is 408. The molecule has 16 heavy (non-hydrogen) atoms. The molecule has 4 nitrogen and oxygen atoms in total. The molecule has 0 bridgehead atoms. The van der Waals surface area contributed by atoms with E-state index in [9.17, 15) is 5.11 Å². The minimum atomic E-state index is 0.0608. The summed E-state index contributed by atoms with van der Waals surface area (Å²) in [5.74, 6) is 0.474. The van der Waals surface area contributed by atoms with Gasteiger partial charge in [-0.3, -0.25) is 5.43 Å². The molecule has 0 atom stereocenters. The van der Waals surface area contributed by atoms with Gasteiger partial charge in [-0.25, -0.2) is 0 Å². The molecule has 0 aliphatic carbocycles. The van der Waals surface area contributed by atoms with Crippen LogP contribution < -0.4 is 10.2 Å². The van der Waals surface area contributed by atoms with Gasteiger partial charge in [-0.15, -0.1) is 0 Å². The number of phenols is 1. The number of nitrogens with zero attached hydrogens (tertiary/aromatic N) is 1. The molecule has 0 heterocycles. The fourth-order valence-electron chi connectivity index (χ4n) is 1.01. The predicted molar refractivity (Wildman–Crippen MR) is 71.5 cm³/mol. The summed E-state index contributed by atoms with van der Waals surface area (Å²) in [6.07, 6.45) is 3.34. The third-order valence-corrected chi connectivity index (χ3v) is 2.85. The van der Waals surface area contributed by atoms with Crippen molar-refractivity contribution in [1.29, 1.82) is 0 Å². The molecule has 6 heteroatoms. The maximum atomic E-state index is 9.73. The summed E-state index contributed by atoms with van der Waals surface area (Å²) in [6.45, 7) is 0. The minimum Gasteiger partial charge on any atom is -0.504 e. The Morgan fingerprint density at radius 1 is 1.62 bits per heavy atom. The lowest BCUT2D eigenvalue weighted by Gasteiger charge is -2.04. The number of hydrazone groups is 1. The number of thiocarbonyl (C=S) groups is 1. The highest BCUT2D eigenvalue weighted by atomic mass is 32.2. The van der Waals surface area contributed by atoms with E-state index in [1.807, 2.05) is 6.26 Å². The Labute approximate surface area is 104 Å². The molecule has 0 spiro atoms. The summed E-state index contributed by atoms with van der Waals surface area (Å²) in [5, 5.41) is 13.6. The van der Waals surface area contributed by atoms with Crippen LogP contribution in [0.3, 0.4) is 0 Å². The van der Waals surface area contributed by atoms with Gasteiger partial charge in [0, 0.05) is 5.56 Å². The zero-order chi connectivity index (χ0) is 12.0. The number of hydrogen-bond acceptors (Lipinski definition) is 5. The van der Waals surface area contributed by atoms with E-state index in [0.29, 0.717) is 15.6 Å². The van der Waals surface area contributed by atoms with E-state index in [0.717, 1.165) is 0 Å².